The SMILES string of the molecule is Cc1ccc(C(N)C2=COCCC2)cc1Cl. The van der Waals surface area contributed by atoms with Crippen molar-refractivity contribution >= 4 is 11.6 Å². The quantitative estimate of drug-likeness (QED) is 0.856. The molecule has 1 unspecified atom stereocenters. The number of hydrogen-bond acceptors (Lipinski definition) is 2. The summed E-state index contributed by atoms with van der Waals surface area (Å²) in [6, 6.07) is 5.87. The molecule has 1 aliphatic rings. The lowest BCUT2D eigenvalue weighted by Crippen LogP contribution is -2.16. The Balaban J connectivity index is 2.22. The zero-order valence-corrected chi connectivity index (χ0v) is 10.1. The lowest BCUT2D eigenvalue weighted by molar-refractivity contribution is 0.221. The van der Waals surface area contributed by atoms with Gasteiger partial charge in [0.25, 0.3) is 0 Å². The van der Waals surface area contributed by atoms with Crippen molar-refractivity contribution in [1.82, 2.24) is 0 Å². The zero-order chi connectivity index (χ0) is 11.5. The van der Waals surface area contributed by atoms with Crippen molar-refractivity contribution in [2.24, 2.45) is 5.73 Å². The van der Waals surface area contributed by atoms with Crippen LogP contribution in [0.3, 0.4) is 0 Å². The summed E-state index contributed by atoms with van der Waals surface area (Å²) in [5.41, 5.74) is 9.45. The Labute approximate surface area is 101 Å². The van der Waals surface area contributed by atoms with E-state index in [9.17, 15) is 0 Å². The molecule has 86 valence electrons. The van der Waals surface area contributed by atoms with Crippen LogP contribution in [0.4, 0.5) is 0 Å². The topological polar surface area (TPSA) is 35.2 Å². The molecule has 0 saturated carbocycles. The summed E-state index contributed by atoms with van der Waals surface area (Å²) in [6.45, 7) is 2.78. The predicted octanol–water partition coefficient (Wildman–Crippen LogP) is 3.34. The summed E-state index contributed by atoms with van der Waals surface area (Å²) in [7, 11) is 0. The van der Waals surface area contributed by atoms with Gasteiger partial charge in [0.15, 0.2) is 0 Å². The maximum absolute atomic E-state index is 6.18. The maximum atomic E-state index is 6.18. The number of ether oxygens (including phenoxy) is 1. The normalized spacial score (nSPS) is 17.6. The van der Waals surface area contributed by atoms with E-state index in [0.717, 1.165) is 41.2 Å². The highest BCUT2D eigenvalue weighted by Gasteiger charge is 2.15. The van der Waals surface area contributed by atoms with E-state index in [1.807, 2.05) is 25.1 Å². The van der Waals surface area contributed by atoms with Crippen molar-refractivity contribution in [2.75, 3.05) is 6.61 Å². The third-order valence-electron chi connectivity index (χ3n) is 2.92. The molecule has 0 saturated heterocycles. The van der Waals surface area contributed by atoms with Crippen molar-refractivity contribution in [1.29, 1.82) is 0 Å². The minimum Gasteiger partial charge on any atom is -0.501 e. The van der Waals surface area contributed by atoms with Crippen LogP contribution >= 0.6 is 11.6 Å². The molecule has 1 aliphatic heterocycles. The van der Waals surface area contributed by atoms with Crippen LogP contribution in [0.2, 0.25) is 5.02 Å². The Hall–Kier alpha value is -0.990. The molecule has 1 atom stereocenters. The molecule has 1 heterocycles. The lowest BCUT2D eigenvalue weighted by atomic mass is 9.95. The van der Waals surface area contributed by atoms with Gasteiger partial charge in [0.1, 0.15) is 0 Å². The van der Waals surface area contributed by atoms with Gasteiger partial charge < -0.3 is 10.5 Å². The van der Waals surface area contributed by atoms with E-state index in [1.165, 1.54) is 0 Å². The number of nitrogens with two attached hydrogens (primary N) is 1. The van der Waals surface area contributed by atoms with Crippen molar-refractivity contribution in [2.45, 2.75) is 25.8 Å². The van der Waals surface area contributed by atoms with E-state index in [1.54, 1.807) is 6.26 Å². The first kappa shape index (κ1) is 11.5. The first-order valence-corrected chi connectivity index (χ1v) is 5.88. The van der Waals surface area contributed by atoms with Gasteiger partial charge in [-0.05, 0) is 42.5 Å². The molecular weight excluding hydrogens is 222 g/mol. The number of aryl methyl sites for hydroxylation is 1. The highest BCUT2D eigenvalue weighted by molar-refractivity contribution is 6.31. The van der Waals surface area contributed by atoms with Crippen molar-refractivity contribution < 1.29 is 4.74 Å². The van der Waals surface area contributed by atoms with Crippen LogP contribution in [0, 0.1) is 6.92 Å². The summed E-state index contributed by atoms with van der Waals surface area (Å²) in [4.78, 5) is 0. The molecule has 1 aromatic rings. The molecular formula is C13H16ClNO. The van der Waals surface area contributed by atoms with Gasteiger partial charge in [-0.3, -0.25) is 0 Å². The predicted molar refractivity (Wildman–Crippen MR) is 66.4 cm³/mol. The van der Waals surface area contributed by atoms with Crippen molar-refractivity contribution in [3.8, 4) is 0 Å². The van der Waals surface area contributed by atoms with Gasteiger partial charge in [0, 0.05) is 5.02 Å². The van der Waals surface area contributed by atoms with Crippen LogP contribution < -0.4 is 5.73 Å². The second-order valence-corrected chi connectivity index (χ2v) is 4.56. The van der Waals surface area contributed by atoms with Gasteiger partial charge in [-0.25, -0.2) is 0 Å². The maximum Gasteiger partial charge on any atom is 0.0876 e. The highest BCUT2D eigenvalue weighted by atomic mass is 35.5. The fourth-order valence-electron chi connectivity index (χ4n) is 1.83. The zero-order valence-electron chi connectivity index (χ0n) is 9.37. The van der Waals surface area contributed by atoms with E-state index >= 15 is 0 Å². The summed E-state index contributed by atoms with van der Waals surface area (Å²) in [5, 5.41) is 0.769. The van der Waals surface area contributed by atoms with Gasteiger partial charge in [-0.1, -0.05) is 23.7 Å². The fourth-order valence-corrected chi connectivity index (χ4v) is 2.02. The molecule has 2 N–H and O–H groups in total. The Morgan fingerprint density at radius 3 is 2.88 bits per heavy atom. The van der Waals surface area contributed by atoms with Gasteiger partial charge in [-0.2, -0.15) is 0 Å². The van der Waals surface area contributed by atoms with E-state index in [4.69, 9.17) is 22.1 Å². The van der Waals surface area contributed by atoms with E-state index < -0.39 is 0 Å². The molecule has 0 amide bonds. The average molecular weight is 238 g/mol. The molecule has 0 bridgehead atoms. The van der Waals surface area contributed by atoms with E-state index in [2.05, 4.69) is 0 Å². The van der Waals surface area contributed by atoms with Gasteiger partial charge >= 0.3 is 0 Å². The minimum absolute atomic E-state index is 0.0987. The number of benzene rings is 1. The molecule has 2 nitrogen and oxygen atoms in total. The molecule has 0 aromatic heterocycles. The van der Waals surface area contributed by atoms with Gasteiger partial charge in [0.05, 0.1) is 18.9 Å². The second kappa shape index (κ2) is 4.89. The second-order valence-electron chi connectivity index (χ2n) is 4.15. The molecule has 0 radical (unpaired) electrons. The Morgan fingerprint density at radius 1 is 1.44 bits per heavy atom. The van der Waals surface area contributed by atoms with Crippen LogP contribution in [-0.2, 0) is 4.74 Å². The van der Waals surface area contributed by atoms with Crippen LogP contribution in [0.15, 0.2) is 30.0 Å². The van der Waals surface area contributed by atoms with Crippen LogP contribution in [-0.4, -0.2) is 6.61 Å². The van der Waals surface area contributed by atoms with Crippen molar-refractivity contribution in [3.63, 3.8) is 0 Å². The monoisotopic (exact) mass is 237 g/mol. The molecule has 0 fully saturated rings. The Morgan fingerprint density at radius 2 is 2.25 bits per heavy atom. The molecule has 0 aliphatic carbocycles. The summed E-state index contributed by atoms with van der Waals surface area (Å²) in [6.07, 6.45) is 3.84. The largest absolute Gasteiger partial charge is 0.501 e. The molecule has 1 aromatic carbocycles. The Bertz CT molecular complexity index is 414. The van der Waals surface area contributed by atoms with Gasteiger partial charge in [0.2, 0.25) is 0 Å². The van der Waals surface area contributed by atoms with Crippen LogP contribution in [0.25, 0.3) is 0 Å². The standard InChI is InChI=1S/C13H16ClNO/c1-9-4-5-10(7-12(9)14)13(15)11-3-2-6-16-8-11/h4-5,7-8,13H,2-3,6,15H2,1H3. The summed E-state index contributed by atoms with van der Waals surface area (Å²) >= 11 is 6.09. The van der Waals surface area contributed by atoms with Crippen LogP contribution in [0.5, 0.6) is 0 Å². The Kier molecular flexibility index (Phi) is 3.52. The first-order valence-electron chi connectivity index (χ1n) is 5.50. The van der Waals surface area contributed by atoms with Gasteiger partial charge in [-0.15, -0.1) is 0 Å². The minimum atomic E-state index is -0.0987. The summed E-state index contributed by atoms with van der Waals surface area (Å²) in [5.74, 6) is 0. The average Bonchev–Trinajstić information content (AvgIpc) is 2.33. The highest BCUT2D eigenvalue weighted by Crippen LogP contribution is 2.28. The van der Waals surface area contributed by atoms with Crippen molar-refractivity contribution in [3.05, 3.63) is 46.2 Å². The number of rotatable bonds is 2. The molecule has 2 rings (SSSR count). The van der Waals surface area contributed by atoms with E-state index in [-0.39, 0.29) is 6.04 Å². The summed E-state index contributed by atoms with van der Waals surface area (Å²) < 4.78 is 5.30. The number of halogens is 1. The lowest BCUT2D eigenvalue weighted by Gasteiger charge is -2.20. The first-order chi connectivity index (χ1) is 7.68. The third-order valence-corrected chi connectivity index (χ3v) is 3.32. The molecule has 3 heteroatoms. The van der Waals surface area contributed by atoms with Crippen LogP contribution in [0.1, 0.15) is 30.0 Å². The molecule has 0 spiro atoms. The third kappa shape index (κ3) is 2.39. The number of hydrogen-bond donors (Lipinski definition) is 1. The molecule has 16 heavy (non-hydrogen) atoms. The fraction of sp³-hybridized carbons (Fsp3) is 0.385. The smallest absolute Gasteiger partial charge is 0.0876 e. The van der Waals surface area contributed by atoms with E-state index in [0.29, 0.717) is 0 Å².